The van der Waals surface area contributed by atoms with Crippen LogP contribution < -0.4 is 15.4 Å². The van der Waals surface area contributed by atoms with E-state index in [0.29, 0.717) is 29.2 Å². The van der Waals surface area contributed by atoms with Gasteiger partial charge in [-0.2, -0.15) is 5.26 Å². The Morgan fingerprint density at radius 1 is 0.964 bits per heavy atom. The van der Waals surface area contributed by atoms with E-state index in [1.807, 2.05) is 30.3 Å². The van der Waals surface area contributed by atoms with Crippen molar-refractivity contribution in [2.24, 2.45) is 0 Å². The van der Waals surface area contributed by atoms with Crippen LogP contribution in [0.5, 0.6) is 5.75 Å². The fourth-order valence-corrected chi connectivity index (χ4v) is 2.66. The smallest absolute Gasteiger partial charge is 0.257 e. The molecule has 3 rings (SSSR count). The average molecular weight is 387 g/mol. The lowest BCUT2D eigenvalue weighted by atomic mass is 10.2. The van der Waals surface area contributed by atoms with E-state index in [1.165, 1.54) is 0 Å². The van der Waals surface area contributed by atoms with Crippen LogP contribution in [-0.2, 0) is 6.61 Å². The van der Waals surface area contributed by atoms with Gasteiger partial charge in [0.2, 0.25) is 0 Å². The van der Waals surface area contributed by atoms with Crippen LogP contribution >= 0.6 is 12.2 Å². The zero-order valence-corrected chi connectivity index (χ0v) is 15.7. The fourth-order valence-electron chi connectivity index (χ4n) is 2.46. The molecule has 0 bridgehead atoms. The molecule has 28 heavy (non-hydrogen) atoms. The Balaban J connectivity index is 1.55. The summed E-state index contributed by atoms with van der Waals surface area (Å²) in [6.07, 6.45) is 0. The molecule has 0 fully saturated rings. The summed E-state index contributed by atoms with van der Waals surface area (Å²) in [5.41, 5.74) is 2.50. The maximum absolute atomic E-state index is 12.3. The molecule has 2 N–H and O–H groups in total. The predicted molar refractivity (Wildman–Crippen MR) is 112 cm³/mol. The van der Waals surface area contributed by atoms with Gasteiger partial charge in [-0.15, -0.1) is 0 Å². The third kappa shape index (κ3) is 5.16. The van der Waals surface area contributed by atoms with Crippen molar-refractivity contribution in [3.8, 4) is 11.8 Å². The van der Waals surface area contributed by atoms with Crippen LogP contribution in [0.2, 0.25) is 0 Å². The van der Waals surface area contributed by atoms with Crippen LogP contribution in [0.4, 0.5) is 5.69 Å². The van der Waals surface area contributed by atoms with Crippen LogP contribution in [0.25, 0.3) is 0 Å². The minimum Gasteiger partial charge on any atom is -0.489 e. The van der Waals surface area contributed by atoms with Crippen molar-refractivity contribution in [1.82, 2.24) is 5.32 Å². The SMILES string of the molecule is N#Cc1ccccc1NC(=S)NC(=O)c1ccc(OCc2ccccc2)cc1. The lowest BCUT2D eigenvalue weighted by molar-refractivity contribution is 0.0977. The van der Waals surface area contributed by atoms with Gasteiger partial charge in [0.05, 0.1) is 11.3 Å². The Morgan fingerprint density at radius 2 is 1.64 bits per heavy atom. The summed E-state index contributed by atoms with van der Waals surface area (Å²) in [4.78, 5) is 12.3. The summed E-state index contributed by atoms with van der Waals surface area (Å²) in [7, 11) is 0. The molecule has 1 amide bonds. The number of nitriles is 1. The molecule has 0 atom stereocenters. The number of thiocarbonyl (C=S) groups is 1. The highest BCUT2D eigenvalue weighted by Gasteiger charge is 2.09. The molecule has 0 unspecified atom stereocenters. The van der Waals surface area contributed by atoms with Crippen molar-refractivity contribution in [3.05, 3.63) is 95.6 Å². The first-order chi connectivity index (χ1) is 13.7. The van der Waals surface area contributed by atoms with E-state index in [2.05, 4.69) is 16.7 Å². The number of nitrogens with zero attached hydrogens (tertiary/aromatic N) is 1. The second-order valence-corrected chi connectivity index (χ2v) is 6.27. The molecule has 3 aromatic carbocycles. The number of hydrogen-bond acceptors (Lipinski definition) is 4. The molecule has 0 aromatic heterocycles. The van der Waals surface area contributed by atoms with E-state index in [4.69, 9.17) is 22.2 Å². The highest BCUT2D eigenvalue weighted by atomic mass is 32.1. The zero-order chi connectivity index (χ0) is 19.8. The van der Waals surface area contributed by atoms with Crippen LogP contribution in [0.15, 0.2) is 78.9 Å². The molecule has 0 radical (unpaired) electrons. The zero-order valence-electron chi connectivity index (χ0n) is 14.9. The third-order valence-corrected chi connectivity index (χ3v) is 4.09. The summed E-state index contributed by atoms with van der Waals surface area (Å²) in [6, 6.07) is 25.6. The van der Waals surface area contributed by atoms with Gasteiger partial charge in [-0.05, 0) is 54.2 Å². The molecule has 5 nitrogen and oxygen atoms in total. The number of benzene rings is 3. The number of carbonyl (C=O) groups is 1. The van der Waals surface area contributed by atoms with Crippen LogP contribution in [0.1, 0.15) is 21.5 Å². The maximum atomic E-state index is 12.3. The molecule has 3 aromatic rings. The fraction of sp³-hybridized carbons (Fsp3) is 0.0455. The van der Waals surface area contributed by atoms with Crippen molar-refractivity contribution in [2.45, 2.75) is 6.61 Å². The summed E-state index contributed by atoms with van der Waals surface area (Å²) < 4.78 is 5.71. The first-order valence-electron chi connectivity index (χ1n) is 8.54. The molecule has 0 saturated carbocycles. The highest BCUT2D eigenvalue weighted by Crippen LogP contribution is 2.15. The Labute approximate surface area is 168 Å². The van der Waals surface area contributed by atoms with E-state index in [0.717, 1.165) is 5.56 Å². The van der Waals surface area contributed by atoms with Crippen molar-refractivity contribution >= 4 is 28.9 Å². The number of anilines is 1. The van der Waals surface area contributed by atoms with Gasteiger partial charge in [-0.25, -0.2) is 0 Å². The van der Waals surface area contributed by atoms with Gasteiger partial charge in [0, 0.05) is 5.56 Å². The van der Waals surface area contributed by atoms with Crippen LogP contribution in [0, 0.1) is 11.3 Å². The van der Waals surface area contributed by atoms with Gasteiger partial charge in [-0.1, -0.05) is 42.5 Å². The monoisotopic (exact) mass is 387 g/mol. The Kier molecular flexibility index (Phi) is 6.34. The van der Waals surface area contributed by atoms with Crippen molar-refractivity contribution in [3.63, 3.8) is 0 Å². The topological polar surface area (TPSA) is 74.2 Å². The molecule has 0 aliphatic rings. The van der Waals surface area contributed by atoms with E-state index in [9.17, 15) is 4.79 Å². The first kappa shape index (κ1) is 19.1. The predicted octanol–water partition coefficient (Wildman–Crippen LogP) is 4.26. The summed E-state index contributed by atoms with van der Waals surface area (Å²) >= 11 is 5.16. The lowest BCUT2D eigenvalue weighted by Crippen LogP contribution is -2.34. The molecule has 0 saturated heterocycles. The second-order valence-electron chi connectivity index (χ2n) is 5.86. The van der Waals surface area contributed by atoms with E-state index in [-0.39, 0.29) is 11.0 Å². The quantitative estimate of drug-likeness (QED) is 0.640. The van der Waals surface area contributed by atoms with Crippen molar-refractivity contribution in [2.75, 3.05) is 5.32 Å². The molecule has 6 heteroatoms. The number of hydrogen-bond donors (Lipinski definition) is 2. The second kappa shape index (κ2) is 9.31. The van der Waals surface area contributed by atoms with E-state index in [1.54, 1.807) is 48.5 Å². The van der Waals surface area contributed by atoms with Crippen molar-refractivity contribution in [1.29, 1.82) is 5.26 Å². The lowest BCUT2D eigenvalue weighted by Gasteiger charge is -2.11. The number of ether oxygens (including phenoxy) is 1. The standard InChI is InChI=1S/C22H17N3O2S/c23-14-18-8-4-5-9-20(18)24-22(28)25-21(26)17-10-12-19(13-11-17)27-15-16-6-2-1-3-7-16/h1-13H,15H2,(H2,24,25,26,28). The minimum atomic E-state index is -0.346. The largest absolute Gasteiger partial charge is 0.489 e. The van der Waals surface area contributed by atoms with Gasteiger partial charge >= 0.3 is 0 Å². The number of nitrogens with one attached hydrogen (secondary N) is 2. The van der Waals surface area contributed by atoms with Gasteiger partial charge in [-0.3, -0.25) is 10.1 Å². The van der Waals surface area contributed by atoms with E-state index < -0.39 is 0 Å². The Morgan fingerprint density at radius 3 is 2.36 bits per heavy atom. The van der Waals surface area contributed by atoms with Crippen LogP contribution in [-0.4, -0.2) is 11.0 Å². The Bertz CT molecular complexity index is 1010. The normalized spacial score (nSPS) is 9.82. The first-order valence-corrected chi connectivity index (χ1v) is 8.95. The number of amides is 1. The summed E-state index contributed by atoms with van der Waals surface area (Å²) in [5.74, 6) is 0.325. The highest BCUT2D eigenvalue weighted by molar-refractivity contribution is 7.80. The average Bonchev–Trinajstić information content (AvgIpc) is 2.73. The molecule has 0 aliphatic carbocycles. The molecule has 0 spiro atoms. The molecule has 0 heterocycles. The van der Waals surface area contributed by atoms with Crippen molar-refractivity contribution < 1.29 is 9.53 Å². The molecular weight excluding hydrogens is 370 g/mol. The van der Waals surface area contributed by atoms with Gasteiger partial charge < -0.3 is 10.1 Å². The van der Waals surface area contributed by atoms with Gasteiger partial charge in [0.25, 0.3) is 5.91 Å². The number of rotatable bonds is 5. The maximum Gasteiger partial charge on any atom is 0.257 e. The van der Waals surface area contributed by atoms with Gasteiger partial charge in [0.1, 0.15) is 18.4 Å². The molecule has 0 aliphatic heterocycles. The number of carbonyl (C=O) groups excluding carboxylic acids is 1. The Hall–Kier alpha value is -3.69. The minimum absolute atomic E-state index is 0.122. The summed E-state index contributed by atoms with van der Waals surface area (Å²) in [6.45, 7) is 0.457. The molecule has 138 valence electrons. The molecular formula is C22H17N3O2S. The van der Waals surface area contributed by atoms with E-state index >= 15 is 0 Å². The summed E-state index contributed by atoms with van der Waals surface area (Å²) in [5, 5.41) is 14.7. The van der Waals surface area contributed by atoms with Crippen LogP contribution in [0.3, 0.4) is 0 Å². The third-order valence-electron chi connectivity index (χ3n) is 3.89. The number of para-hydroxylation sites is 1. The van der Waals surface area contributed by atoms with Gasteiger partial charge in [0.15, 0.2) is 5.11 Å².